The average molecular weight is 819 g/mol. The lowest BCUT2D eigenvalue weighted by Gasteiger charge is -2.32. The average Bonchev–Trinajstić information content (AvgIpc) is 3.71. The fourth-order valence-electron chi connectivity index (χ4n) is 10.5. The molecule has 1 heterocycles. The first kappa shape index (κ1) is 37.8. The third-order valence-electron chi connectivity index (χ3n) is 13.4. The molecule has 0 aliphatic heterocycles. The van der Waals surface area contributed by atoms with Crippen LogP contribution in [0.15, 0.2) is 230 Å². The van der Waals surface area contributed by atoms with Gasteiger partial charge in [0.05, 0.1) is 16.9 Å². The van der Waals surface area contributed by atoms with Crippen molar-refractivity contribution in [2.24, 2.45) is 0 Å². The summed E-state index contributed by atoms with van der Waals surface area (Å²) in [6.07, 6.45) is 13.4. The third kappa shape index (κ3) is 6.50. The fourth-order valence-corrected chi connectivity index (χ4v) is 10.5. The minimum atomic E-state index is 0.874. The zero-order valence-electron chi connectivity index (χ0n) is 35.7. The van der Waals surface area contributed by atoms with E-state index in [-0.39, 0.29) is 0 Å². The Morgan fingerprint density at radius 1 is 0.438 bits per heavy atom. The van der Waals surface area contributed by atoms with Crippen molar-refractivity contribution in [1.82, 2.24) is 4.57 Å². The van der Waals surface area contributed by atoms with Gasteiger partial charge in [-0.1, -0.05) is 182 Å². The van der Waals surface area contributed by atoms with Crippen molar-refractivity contribution in [1.29, 1.82) is 0 Å². The molecule has 0 N–H and O–H groups in total. The van der Waals surface area contributed by atoms with Crippen LogP contribution in [0.2, 0.25) is 0 Å². The Labute approximate surface area is 375 Å². The van der Waals surface area contributed by atoms with E-state index in [0.717, 1.165) is 31.4 Å². The van der Waals surface area contributed by atoms with Crippen LogP contribution in [0.25, 0.3) is 83.2 Å². The van der Waals surface area contributed by atoms with Crippen LogP contribution in [-0.4, -0.2) is 4.57 Å². The normalized spacial score (nSPS) is 13.5. The molecule has 304 valence electrons. The first-order valence-electron chi connectivity index (χ1n) is 22.6. The quantitative estimate of drug-likeness (QED) is 0.139. The Hall–Kier alpha value is -7.94. The van der Waals surface area contributed by atoms with Crippen molar-refractivity contribution in [2.45, 2.75) is 25.7 Å². The molecule has 10 aromatic rings. The van der Waals surface area contributed by atoms with E-state index in [0.29, 0.717) is 0 Å². The van der Waals surface area contributed by atoms with Gasteiger partial charge in [0.25, 0.3) is 0 Å². The second-order valence-corrected chi connectivity index (χ2v) is 17.0. The van der Waals surface area contributed by atoms with Gasteiger partial charge in [0, 0.05) is 33.6 Å². The minimum Gasteiger partial charge on any atom is -0.314 e. The molecule has 0 saturated heterocycles. The SMILES string of the molecule is C1=Cc2c(c3ccccc3n2-c2cccc(-c3ccccc3)c2C2=CC=C(N(c3ccc(-c4cc5ccccc5c5ccccc45)cc3)c3ccccc3-c3ccccc3)CC2)CC1. The lowest BCUT2D eigenvalue weighted by molar-refractivity contribution is 0.926. The molecule has 0 saturated carbocycles. The number of rotatable bonds is 8. The highest BCUT2D eigenvalue weighted by Gasteiger charge is 2.26. The molecule has 64 heavy (non-hydrogen) atoms. The molecule has 0 spiro atoms. The predicted octanol–water partition coefficient (Wildman–Crippen LogP) is 16.8. The maximum atomic E-state index is 2.53. The van der Waals surface area contributed by atoms with Crippen LogP contribution in [0, 0.1) is 0 Å². The van der Waals surface area contributed by atoms with E-state index < -0.39 is 0 Å². The number of hydrogen-bond donors (Lipinski definition) is 0. The highest BCUT2D eigenvalue weighted by atomic mass is 15.2. The Kier molecular flexibility index (Phi) is 9.49. The van der Waals surface area contributed by atoms with E-state index in [2.05, 4.69) is 240 Å². The Bertz CT molecular complexity index is 3470. The van der Waals surface area contributed by atoms with Crippen molar-refractivity contribution in [3.8, 4) is 39.1 Å². The van der Waals surface area contributed by atoms with Gasteiger partial charge in [-0.25, -0.2) is 0 Å². The molecule has 2 aliphatic rings. The maximum absolute atomic E-state index is 2.53. The van der Waals surface area contributed by atoms with Crippen LogP contribution in [0.1, 0.15) is 36.1 Å². The number of benzene rings is 9. The van der Waals surface area contributed by atoms with Gasteiger partial charge < -0.3 is 9.47 Å². The van der Waals surface area contributed by atoms with Gasteiger partial charge in [0.2, 0.25) is 0 Å². The molecule has 2 heteroatoms. The van der Waals surface area contributed by atoms with E-state index in [4.69, 9.17) is 0 Å². The summed E-state index contributed by atoms with van der Waals surface area (Å²) in [6, 6.07) is 75.6. The summed E-state index contributed by atoms with van der Waals surface area (Å²) in [6.45, 7) is 0. The number of nitrogens with zero attached hydrogens (tertiary/aromatic N) is 2. The van der Waals surface area contributed by atoms with Gasteiger partial charge in [-0.3, -0.25) is 0 Å². The number of anilines is 2. The summed E-state index contributed by atoms with van der Waals surface area (Å²) in [5.74, 6) is 0. The van der Waals surface area contributed by atoms with Crippen molar-refractivity contribution in [3.63, 3.8) is 0 Å². The van der Waals surface area contributed by atoms with Gasteiger partial charge in [-0.2, -0.15) is 0 Å². The van der Waals surface area contributed by atoms with Gasteiger partial charge in [0.15, 0.2) is 0 Å². The summed E-state index contributed by atoms with van der Waals surface area (Å²) in [7, 11) is 0. The largest absolute Gasteiger partial charge is 0.314 e. The second-order valence-electron chi connectivity index (χ2n) is 17.0. The van der Waals surface area contributed by atoms with E-state index >= 15 is 0 Å². The fraction of sp³-hybridized carbons (Fsp3) is 0.0645. The molecular weight excluding hydrogens is 773 g/mol. The predicted molar refractivity (Wildman–Crippen MR) is 272 cm³/mol. The highest BCUT2D eigenvalue weighted by molar-refractivity contribution is 6.13. The zero-order valence-corrected chi connectivity index (χ0v) is 35.7. The Morgan fingerprint density at radius 2 is 1.08 bits per heavy atom. The maximum Gasteiger partial charge on any atom is 0.0543 e. The monoisotopic (exact) mass is 818 g/mol. The van der Waals surface area contributed by atoms with Crippen LogP contribution >= 0.6 is 0 Å². The molecule has 0 fully saturated rings. The lowest BCUT2D eigenvalue weighted by atomic mass is 9.87. The molecule has 0 amide bonds. The number of hydrogen-bond acceptors (Lipinski definition) is 1. The summed E-state index contributed by atoms with van der Waals surface area (Å²) in [5, 5.41) is 6.45. The molecule has 12 rings (SSSR count). The van der Waals surface area contributed by atoms with Crippen molar-refractivity contribution in [3.05, 3.63) is 247 Å². The number of aromatic nitrogens is 1. The van der Waals surface area contributed by atoms with Gasteiger partial charge >= 0.3 is 0 Å². The van der Waals surface area contributed by atoms with Gasteiger partial charge in [-0.05, 0) is 135 Å². The first-order chi connectivity index (χ1) is 31.8. The molecule has 2 nitrogen and oxygen atoms in total. The number of fused-ring (bicyclic) bond motifs is 6. The van der Waals surface area contributed by atoms with Gasteiger partial charge in [-0.15, -0.1) is 0 Å². The van der Waals surface area contributed by atoms with Gasteiger partial charge in [0.1, 0.15) is 0 Å². The van der Waals surface area contributed by atoms with Crippen LogP contribution in [0.4, 0.5) is 11.4 Å². The molecule has 0 unspecified atom stereocenters. The summed E-state index contributed by atoms with van der Waals surface area (Å²) in [4.78, 5) is 2.50. The smallest absolute Gasteiger partial charge is 0.0543 e. The molecule has 0 bridgehead atoms. The summed E-state index contributed by atoms with van der Waals surface area (Å²) in [5.41, 5.74) is 18.8. The molecule has 2 aliphatic carbocycles. The molecular formula is C62H46N2. The third-order valence-corrected chi connectivity index (χ3v) is 13.4. The molecule has 0 radical (unpaired) electrons. The number of para-hydroxylation sites is 2. The highest BCUT2D eigenvalue weighted by Crippen LogP contribution is 2.46. The first-order valence-corrected chi connectivity index (χ1v) is 22.6. The summed E-state index contributed by atoms with van der Waals surface area (Å²) >= 11 is 0. The molecule has 0 atom stereocenters. The Balaban J connectivity index is 1.02. The Morgan fingerprint density at radius 3 is 1.86 bits per heavy atom. The molecule has 9 aromatic carbocycles. The molecule has 1 aromatic heterocycles. The van der Waals surface area contributed by atoms with Crippen molar-refractivity contribution in [2.75, 3.05) is 4.90 Å². The van der Waals surface area contributed by atoms with Crippen LogP contribution in [-0.2, 0) is 6.42 Å². The van der Waals surface area contributed by atoms with Crippen LogP contribution in [0.3, 0.4) is 0 Å². The number of aryl methyl sites for hydroxylation is 1. The number of allylic oxidation sites excluding steroid dienone is 5. The lowest BCUT2D eigenvalue weighted by Crippen LogP contribution is -2.19. The summed E-state index contributed by atoms with van der Waals surface area (Å²) < 4.78 is 2.53. The van der Waals surface area contributed by atoms with Crippen LogP contribution < -0.4 is 4.90 Å². The van der Waals surface area contributed by atoms with Crippen molar-refractivity contribution < 1.29 is 0 Å². The van der Waals surface area contributed by atoms with E-state index in [1.807, 2.05) is 0 Å². The zero-order chi connectivity index (χ0) is 42.4. The van der Waals surface area contributed by atoms with E-state index in [9.17, 15) is 0 Å². The van der Waals surface area contributed by atoms with Crippen LogP contribution in [0.5, 0.6) is 0 Å². The minimum absolute atomic E-state index is 0.874. The standard InChI is InChI=1S/C62H46N2/c1-3-18-43(19-4-1)51-24-11-14-30-58(51)63(48-38-34-45(35-39-48)57-42-47-22-7-8-23-50(47)53-25-9-10-26-54(53)57)49-40-36-46(37-41-49)62-52(44-20-5-2-6-21-44)29-17-33-61(62)64-59-31-15-12-27-55(59)56-28-13-16-32-60(56)64/h1-12,14-27,29-36,38-40,42H,13,28,37,41H2. The van der Waals surface area contributed by atoms with Crippen molar-refractivity contribution >= 4 is 55.5 Å². The topological polar surface area (TPSA) is 8.17 Å². The van der Waals surface area contributed by atoms with E-state index in [1.54, 1.807) is 0 Å². The van der Waals surface area contributed by atoms with E-state index in [1.165, 1.54) is 105 Å². The second kappa shape index (κ2) is 16.1.